The van der Waals surface area contributed by atoms with Gasteiger partial charge in [-0.25, -0.2) is 22.9 Å². The minimum Gasteiger partial charge on any atom is -0.332 e. The number of halogens is 1. The summed E-state index contributed by atoms with van der Waals surface area (Å²) in [6.45, 7) is 0. The average molecular weight is 457 g/mol. The SMILES string of the molecule is C=S1C=C(c2cccnc2)C=C1Nc1nc(Nc2cccc(S(N)(=O)=O)c2)ncc1F. The molecule has 0 aliphatic carbocycles. The molecule has 4 rings (SSSR count). The fourth-order valence-corrected chi connectivity index (χ4v) is 4.47. The number of pyridine rings is 1. The number of nitrogens with two attached hydrogens (primary N) is 1. The van der Waals surface area contributed by atoms with Crippen LogP contribution in [-0.2, 0) is 10.0 Å². The van der Waals surface area contributed by atoms with Crippen molar-refractivity contribution in [3.8, 4) is 0 Å². The molecule has 1 aliphatic heterocycles. The smallest absolute Gasteiger partial charge is 0.238 e. The summed E-state index contributed by atoms with van der Waals surface area (Å²) in [6, 6.07) is 9.61. The highest BCUT2D eigenvalue weighted by Crippen LogP contribution is 2.38. The van der Waals surface area contributed by atoms with Gasteiger partial charge in [-0.3, -0.25) is 4.98 Å². The van der Waals surface area contributed by atoms with E-state index in [-0.39, 0.29) is 16.7 Å². The highest BCUT2D eigenvalue weighted by Gasteiger charge is 2.16. The molecular weight excluding hydrogens is 439 g/mol. The van der Waals surface area contributed by atoms with E-state index in [2.05, 4.69) is 31.5 Å². The minimum absolute atomic E-state index is 0.0339. The second-order valence-corrected chi connectivity index (χ2v) is 9.56. The highest BCUT2D eigenvalue weighted by atomic mass is 32.2. The van der Waals surface area contributed by atoms with E-state index in [9.17, 15) is 12.8 Å². The number of nitrogens with one attached hydrogen (secondary N) is 2. The van der Waals surface area contributed by atoms with E-state index in [1.807, 2.05) is 23.6 Å². The number of hydrogen-bond donors (Lipinski definition) is 3. The van der Waals surface area contributed by atoms with Gasteiger partial charge in [0.2, 0.25) is 16.0 Å². The molecule has 3 aromatic rings. The van der Waals surface area contributed by atoms with E-state index in [1.165, 1.54) is 18.2 Å². The van der Waals surface area contributed by atoms with Crippen molar-refractivity contribution >= 4 is 49.4 Å². The quantitative estimate of drug-likeness (QED) is 0.486. The molecule has 0 bridgehead atoms. The van der Waals surface area contributed by atoms with E-state index >= 15 is 0 Å². The fourth-order valence-electron chi connectivity index (χ4n) is 2.77. The molecule has 11 heteroatoms. The molecule has 3 heterocycles. The maximum absolute atomic E-state index is 14.3. The summed E-state index contributed by atoms with van der Waals surface area (Å²) in [5.41, 5.74) is 2.25. The maximum atomic E-state index is 14.3. The minimum atomic E-state index is -3.86. The number of rotatable bonds is 6. The predicted molar refractivity (Wildman–Crippen MR) is 122 cm³/mol. The Morgan fingerprint density at radius 2 is 1.97 bits per heavy atom. The Bertz CT molecular complexity index is 1340. The van der Waals surface area contributed by atoms with Crippen molar-refractivity contribution in [1.82, 2.24) is 15.0 Å². The lowest BCUT2D eigenvalue weighted by atomic mass is 10.1. The lowest BCUT2D eigenvalue weighted by molar-refractivity contribution is 0.598. The molecule has 0 fully saturated rings. The van der Waals surface area contributed by atoms with E-state index in [1.54, 1.807) is 18.5 Å². The van der Waals surface area contributed by atoms with Crippen molar-refractivity contribution in [2.45, 2.75) is 4.90 Å². The van der Waals surface area contributed by atoms with E-state index < -0.39 is 26.3 Å². The molecule has 0 radical (unpaired) electrons. The third-order valence-electron chi connectivity index (χ3n) is 4.24. The lowest BCUT2D eigenvalue weighted by Crippen LogP contribution is -2.12. The van der Waals surface area contributed by atoms with Gasteiger partial charge in [0.25, 0.3) is 0 Å². The normalized spacial score (nSPS) is 15.9. The van der Waals surface area contributed by atoms with Crippen molar-refractivity contribution in [2.24, 2.45) is 5.14 Å². The topological polar surface area (TPSA) is 123 Å². The maximum Gasteiger partial charge on any atom is 0.238 e. The summed E-state index contributed by atoms with van der Waals surface area (Å²) >= 11 is 0. The summed E-state index contributed by atoms with van der Waals surface area (Å²) < 4.78 is 37.4. The standard InChI is InChI=1S/C20H17FN6O2S2/c1-30-12-14(13-4-3-7-23-10-13)8-18(30)26-19-17(21)11-24-20(27-19)25-15-5-2-6-16(9-15)31(22,28)29/h2-12H,1H2,(H2,22,28,29)(H2,24,25,26,27). The molecule has 0 saturated heterocycles. The molecule has 1 atom stereocenters. The van der Waals surface area contributed by atoms with Crippen molar-refractivity contribution < 1.29 is 12.8 Å². The van der Waals surface area contributed by atoms with E-state index in [0.29, 0.717) is 10.7 Å². The largest absolute Gasteiger partial charge is 0.332 e. The first kappa shape index (κ1) is 20.8. The van der Waals surface area contributed by atoms with Crippen LogP contribution in [0.4, 0.5) is 21.8 Å². The Labute approximate surface area is 180 Å². The number of allylic oxidation sites excluding steroid dienone is 2. The zero-order valence-electron chi connectivity index (χ0n) is 16.0. The molecule has 31 heavy (non-hydrogen) atoms. The lowest BCUT2D eigenvalue weighted by Gasteiger charge is -2.11. The van der Waals surface area contributed by atoms with Crippen LogP contribution in [0.1, 0.15) is 5.56 Å². The molecule has 4 N–H and O–H groups in total. The van der Waals surface area contributed by atoms with E-state index in [4.69, 9.17) is 5.14 Å². The molecule has 1 aliphatic rings. The number of sulfonamides is 1. The molecule has 1 unspecified atom stereocenters. The number of aromatic nitrogens is 3. The third-order valence-corrected chi connectivity index (χ3v) is 6.47. The molecule has 158 valence electrons. The van der Waals surface area contributed by atoms with Gasteiger partial charge < -0.3 is 10.6 Å². The Balaban J connectivity index is 1.56. The average Bonchev–Trinajstić information content (AvgIpc) is 3.11. The number of hydrogen-bond acceptors (Lipinski definition) is 7. The number of nitrogens with zero attached hydrogens (tertiary/aromatic N) is 3. The zero-order chi connectivity index (χ0) is 22.0. The van der Waals surface area contributed by atoms with Crippen LogP contribution in [0.3, 0.4) is 0 Å². The van der Waals surface area contributed by atoms with Gasteiger partial charge in [-0.1, -0.05) is 18.0 Å². The zero-order valence-corrected chi connectivity index (χ0v) is 17.6. The van der Waals surface area contributed by atoms with Gasteiger partial charge in [-0.2, -0.15) is 4.98 Å². The Kier molecular flexibility index (Phi) is 5.63. The molecule has 0 saturated carbocycles. The van der Waals surface area contributed by atoms with Crippen molar-refractivity contribution in [3.05, 3.63) is 82.9 Å². The summed E-state index contributed by atoms with van der Waals surface area (Å²) in [5.74, 6) is 3.50. The van der Waals surface area contributed by atoms with Gasteiger partial charge in [0.1, 0.15) is 0 Å². The highest BCUT2D eigenvalue weighted by molar-refractivity contribution is 8.20. The summed E-state index contributed by atoms with van der Waals surface area (Å²) in [7, 11) is -4.38. The summed E-state index contributed by atoms with van der Waals surface area (Å²) in [5, 5.41) is 13.6. The van der Waals surface area contributed by atoms with Crippen LogP contribution in [0.2, 0.25) is 0 Å². The molecule has 8 nitrogen and oxygen atoms in total. The van der Waals surface area contributed by atoms with Gasteiger partial charge in [-0.15, -0.1) is 10.5 Å². The monoisotopic (exact) mass is 456 g/mol. The second-order valence-electron chi connectivity index (χ2n) is 6.47. The molecule has 1 aromatic carbocycles. The van der Waals surface area contributed by atoms with Crippen molar-refractivity contribution in [2.75, 3.05) is 10.6 Å². The Hall–Kier alpha value is -3.41. The van der Waals surface area contributed by atoms with Gasteiger partial charge in [-0.05, 0) is 41.3 Å². The third kappa shape index (κ3) is 4.85. The molecular formula is C20H17FN6O2S2. The first-order chi connectivity index (χ1) is 14.8. The van der Waals surface area contributed by atoms with Crippen molar-refractivity contribution in [1.29, 1.82) is 0 Å². The van der Waals surface area contributed by atoms with Gasteiger partial charge in [0.15, 0.2) is 11.6 Å². The van der Waals surface area contributed by atoms with Crippen LogP contribution in [0.15, 0.2) is 76.4 Å². The predicted octanol–water partition coefficient (Wildman–Crippen LogP) is 3.41. The second kappa shape index (κ2) is 8.38. The first-order valence-electron chi connectivity index (χ1n) is 8.86. The Morgan fingerprint density at radius 3 is 2.71 bits per heavy atom. The molecule has 0 amide bonds. The van der Waals surface area contributed by atoms with E-state index in [0.717, 1.165) is 17.3 Å². The Morgan fingerprint density at radius 1 is 1.13 bits per heavy atom. The van der Waals surface area contributed by atoms with Crippen LogP contribution in [0.5, 0.6) is 0 Å². The number of benzene rings is 1. The number of primary sulfonamides is 1. The molecule has 2 aromatic heterocycles. The van der Waals surface area contributed by atoms with Crippen LogP contribution in [0, 0.1) is 5.82 Å². The van der Waals surface area contributed by atoms with Crippen LogP contribution < -0.4 is 15.8 Å². The van der Waals surface area contributed by atoms with Crippen LogP contribution in [0.25, 0.3) is 5.57 Å². The van der Waals surface area contributed by atoms with Gasteiger partial charge in [0.05, 0.1) is 16.1 Å². The summed E-state index contributed by atoms with van der Waals surface area (Å²) in [6.07, 6.45) is 6.32. The van der Waals surface area contributed by atoms with Gasteiger partial charge in [0, 0.05) is 23.6 Å². The van der Waals surface area contributed by atoms with Crippen LogP contribution in [-0.4, -0.2) is 29.2 Å². The van der Waals surface area contributed by atoms with Crippen LogP contribution >= 0.6 is 10.5 Å². The summed E-state index contributed by atoms with van der Waals surface area (Å²) in [4.78, 5) is 12.1. The first-order valence-corrected chi connectivity index (χ1v) is 11.9. The fraction of sp³-hybridized carbons (Fsp3) is 0. The molecule has 0 spiro atoms. The van der Waals surface area contributed by atoms with Crippen molar-refractivity contribution in [3.63, 3.8) is 0 Å². The van der Waals surface area contributed by atoms with Gasteiger partial charge >= 0.3 is 0 Å². The number of anilines is 3.